The lowest BCUT2D eigenvalue weighted by Gasteiger charge is -2.30. The molecular formula is C29H21F10NO4. The second-order valence-corrected chi connectivity index (χ2v) is 9.39. The highest BCUT2D eigenvalue weighted by Gasteiger charge is 2.73. The highest BCUT2D eigenvalue weighted by molar-refractivity contribution is 5.51. The molecule has 1 aromatic heterocycles. The Kier molecular flexibility index (Phi) is 9.09. The van der Waals surface area contributed by atoms with E-state index in [4.69, 9.17) is 14.0 Å². The maximum absolute atomic E-state index is 14.3. The van der Waals surface area contributed by atoms with Gasteiger partial charge in [0.1, 0.15) is 17.3 Å². The van der Waals surface area contributed by atoms with Crippen LogP contribution in [-0.2, 0) is 12.3 Å². The zero-order valence-corrected chi connectivity index (χ0v) is 22.1. The zero-order chi connectivity index (χ0) is 32.3. The van der Waals surface area contributed by atoms with Crippen molar-refractivity contribution in [3.8, 4) is 17.2 Å². The minimum Gasteiger partial charge on any atom is -0.469 e. The highest BCUT2D eigenvalue weighted by Crippen LogP contribution is 2.52. The Labute approximate surface area is 242 Å². The van der Waals surface area contributed by atoms with Gasteiger partial charge in [0.15, 0.2) is 11.9 Å². The first-order valence-corrected chi connectivity index (χ1v) is 12.5. The summed E-state index contributed by atoms with van der Waals surface area (Å²) < 4.78 is 145. The van der Waals surface area contributed by atoms with Crippen LogP contribution in [0.4, 0.5) is 49.6 Å². The molecule has 3 aromatic carbocycles. The van der Waals surface area contributed by atoms with Gasteiger partial charge in [-0.1, -0.05) is 30.3 Å². The van der Waals surface area contributed by atoms with Crippen molar-refractivity contribution < 1.29 is 63.0 Å². The number of benzene rings is 3. The monoisotopic (exact) mass is 637 g/mol. The van der Waals surface area contributed by atoms with Gasteiger partial charge < -0.3 is 19.1 Å². The highest BCUT2D eigenvalue weighted by atomic mass is 19.4. The van der Waals surface area contributed by atoms with Gasteiger partial charge in [0.05, 0.1) is 18.5 Å². The lowest BCUT2D eigenvalue weighted by atomic mass is 10.0. The van der Waals surface area contributed by atoms with Crippen molar-refractivity contribution in [2.75, 3.05) is 11.6 Å². The van der Waals surface area contributed by atoms with Gasteiger partial charge in [0.2, 0.25) is 0 Å². The lowest BCUT2D eigenvalue weighted by Crippen LogP contribution is -2.50. The van der Waals surface area contributed by atoms with Crippen molar-refractivity contribution in [3.05, 3.63) is 108 Å². The Hall–Kier alpha value is -4.40. The van der Waals surface area contributed by atoms with Crippen molar-refractivity contribution in [2.45, 2.75) is 36.7 Å². The standard InChI is InChI=1S/C29H21F10NO4/c30-26(31,28(35,36)29(37,38)39)19-6-2-10-24(15-19)44-40(17-25(41)27(32,33)34)20-7-3-9-23(16-20)43-22-8-1-5-18(14-22)13-21-11-4-12-42-21/h1-12,14-16,25,41H,13,17H2. The van der Waals surface area contributed by atoms with Crippen molar-refractivity contribution in [3.63, 3.8) is 0 Å². The number of nitrogens with zero attached hydrogens (tertiary/aromatic N) is 1. The van der Waals surface area contributed by atoms with E-state index in [2.05, 4.69) is 0 Å². The number of hydrogen-bond acceptors (Lipinski definition) is 5. The summed E-state index contributed by atoms with van der Waals surface area (Å²) in [6.45, 7) is -1.36. The molecule has 0 aliphatic rings. The van der Waals surface area contributed by atoms with Gasteiger partial charge in [-0.3, -0.25) is 0 Å². The van der Waals surface area contributed by atoms with E-state index < -0.39 is 48.2 Å². The third-order valence-corrected chi connectivity index (χ3v) is 6.08. The Balaban J connectivity index is 1.62. The molecule has 1 heterocycles. The number of anilines is 1. The summed E-state index contributed by atoms with van der Waals surface area (Å²) in [6.07, 6.45) is -12.9. The molecule has 15 heteroatoms. The van der Waals surface area contributed by atoms with Crippen LogP contribution in [-0.4, -0.2) is 36.0 Å². The molecule has 1 N–H and O–H groups in total. The molecule has 0 saturated carbocycles. The summed E-state index contributed by atoms with van der Waals surface area (Å²) in [5.74, 6) is -12.0. The first-order valence-electron chi connectivity index (χ1n) is 12.5. The van der Waals surface area contributed by atoms with E-state index >= 15 is 0 Å². The number of hydrogen-bond donors (Lipinski definition) is 1. The number of alkyl halides is 10. The van der Waals surface area contributed by atoms with Crippen LogP contribution in [0.5, 0.6) is 17.2 Å². The molecule has 0 spiro atoms. The third kappa shape index (κ3) is 7.38. The third-order valence-electron chi connectivity index (χ3n) is 6.08. The predicted molar refractivity (Wildman–Crippen MR) is 136 cm³/mol. The van der Waals surface area contributed by atoms with Gasteiger partial charge in [-0.15, -0.1) is 0 Å². The van der Waals surface area contributed by atoms with Crippen molar-refractivity contribution in [1.82, 2.24) is 0 Å². The summed E-state index contributed by atoms with van der Waals surface area (Å²) in [5.41, 5.74) is -1.25. The van der Waals surface area contributed by atoms with Crippen LogP contribution in [0.25, 0.3) is 0 Å². The Morgan fingerprint density at radius 2 is 1.36 bits per heavy atom. The Morgan fingerprint density at radius 3 is 2.00 bits per heavy atom. The maximum Gasteiger partial charge on any atom is 0.460 e. The van der Waals surface area contributed by atoms with Crippen LogP contribution in [0.3, 0.4) is 0 Å². The molecule has 4 rings (SSSR count). The fourth-order valence-corrected chi connectivity index (χ4v) is 3.86. The van der Waals surface area contributed by atoms with Gasteiger partial charge in [-0.05, 0) is 54.1 Å². The second-order valence-electron chi connectivity index (χ2n) is 9.39. The molecule has 4 aromatic rings. The molecule has 0 amide bonds. The van der Waals surface area contributed by atoms with Crippen LogP contribution in [0.2, 0.25) is 0 Å². The molecule has 236 valence electrons. The van der Waals surface area contributed by atoms with Crippen LogP contribution in [0.15, 0.2) is 95.6 Å². The largest absolute Gasteiger partial charge is 0.469 e. The summed E-state index contributed by atoms with van der Waals surface area (Å²) >= 11 is 0. The van der Waals surface area contributed by atoms with E-state index in [-0.39, 0.29) is 23.6 Å². The smallest absolute Gasteiger partial charge is 0.460 e. The molecule has 44 heavy (non-hydrogen) atoms. The number of furan rings is 1. The van der Waals surface area contributed by atoms with Crippen molar-refractivity contribution >= 4 is 5.69 Å². The van der Waals surface area contributed by atoms with E-state index in [1.54, 1.807) is 36.4 Å². The van der Waals surface area contributed by atoms with Crippen molar-refractivity contribution in [1.29, 1.82) is 0 Å². The van der Waals surface area contributed by atoms with Crippen LogP contribution < -0.4 is 14.6 Å². The maximum atomic E-state index is 14.3. The van der Waals surface area contributed by atoms with Crippen molar-refractivity contribution in [2.24, 2.45) is 0 Å². The molecule has 0 fully saturated rings. The molecule has 1 atom stereocenters. The number of ether oxygens (including phenoxy) is 1. The summed E-state index contributed by atoms with van der Waals surface area (Å²) in [5, 5.41) is 10.1. The van der Waals surface area contributed by atoms with E-state index in [0.29, 0.717) is 29.1 Å². The van der Waals surface area contributed by atoms with Gasteiger partial charge >= 0.3 is 24.2 Å². The average Bonchev–Trinajstić information content (AvgIpc) is 3.45. The van der Waals surface area contributed by atoms with Crippen LogP contribution in [0, 0.1) is 0 Å². The number of rotatable bonds is 11. The number of aliphatic hydroxyl groups excluding tert-OH is 1. The average molecular weight is 637 g/mol. The number of aliphatic hydroxyl groups is 1. The quantitative estimate of drug-likeness (QED) is 0.132. The molecule has 0 aliphatic carbocycles. The minimum absolute atomic E-state index is 0.0536. The first-order chi connectivity index (χ1) is 20.5. The molecule has 0 aliphatic heterocycles. The van der Waals surface area contributed by atoms with Crippen LogP contribution in [0.1, 0.15) is 16.9 Å². The SMILES string of the molecule is OC(CN(Oc1cccc(C(F)(F)C(F)(F)C(F)(F)F)c1)c1cccc(Oc2cccc(Cc3ccco3)c2)c1)C(F)(F)F. The number of halogens is 10. The molecule has 1 unspecified atom stereocenters. The van der Waals surface area contributed by atoms with E-state index in [1.165, 1.54) is 30.5 Å². The van der Waals surface area contributed by atoms with Gasteiger partial charge in [0.25, 0.3) is 0 Å². The number of hydroxylamine groups is 1. The fraction of sp³-hybridized carbons (Fsp3) is 0.241. The zero-order valence-electron chi connectivity index (χ0n) is 22.1. The molecular weight excluding hydrogens is 616 g/mol. The molecule has 0 bridgehead atoms. The fourth-order valence-electron chi connectivity index (χ4n) is 3.86. The van der Waals surface area contributed by atoms with E-state index in [9.17, 15) is 49.0 Å². The van der Waals surface area contributed by atoms with Crippen LogP contribution >= 0.6 is 0 Å². The minimum atomic E-state index is -6.62. The van der Waals surface area contributed by atoms with Gasteiger partial charge in [-0.25, -0.2) is 5.06 Å². The van der Waals surface area contributed by atoms with E-state index in [1.807, 2.05) is 0 Å². The molecule has 0 radical (unpaired) electrons. The Morgan fingerprint density at radius 1 is 0.727 bits per heavy atom. The lowest BCUT2D eigenvalue weighted by molar-refractivity contribution is -0.359. The summed E-state index contributed by atoms with van der Waals surface area (Å²) in [7, 11) is 0. The van der Waals surface area contributed by atoms with Gasteiger partial charge in [0, 0.05) is 18.1 Å². The first kappa shape index (κ1) is 32.5. The van der Waals surface area contributed by atoms with E-state index in [0.717, 1.165) is 11.6 Å². The molecule has 5 nitrogen and oxygen atoms in total. The Bertz CT molecular complexity index is 1540. The van der Waals surface area contributed by atoms with Gasteiger partial charge in [-0.2, -0.15) is 43.9 Å². The topological polar surface area (TPSA) is 55.1 Å². The molecule has 0 saturated heterocycles. The summed E-state index contributed by atoms with van der Waals surface area (Å²) in [4.78, 5) is 5.23. The second kappa shape index (κ2) is 12.3. The summed E-state index contributed by atoms with van der Waals surface area (Å²) in [6, 6.07) is 17.2. The predicted octanol–water partition coefficient (Wildman–Crippen LogP) is 8.68. The normalized spacial score (nSPS) is 13.4.